The molecule has 1 heterocycles. The van der Waals surface area contributed by atoms with Crippen molar-refractivity contribution < 1.29 is 9.63 Å². The predicted molar refractivity (Wildman–Crippen MR) is 99.5 cm³/mol. The van der Waals surface area contributed by atoms with E-state index in [-0.39, 0.29) is 5.75 Å². The first-order valence-electron chi connectivity index (χ1n) is 7.83. The van der Waals surface area contributed by atoms with Gasteiger partial charge in [0.05, 0.1) is 10.6 Å². The molecule has 0 atom stereocenters. The van der Waals surface area contributed by atoms with Crippen LogP contribution in [-0.4, -0.2) is 10.3 Å². The largest absolute Gasteiger partial charge is 0.508 e. The van der Waals surface area contributed by atoms with E-state index in [2.05, 4.69) is 5.16 Å². The topological polar surface area (TPSA) is 46.3 Å². The van der Waals surface area contributed by atoms with Crippen molar-refractivity contribution in [3.63, 3.8) is 0 Å². The van der Waals surface area contributed by atoms with Gasteiger partial charge in [-0.15, -0.1) is 0 Å². The number of phenols is 1. The van der Waals surface area contributed by atoms with Crippen molar-refractivity contribution in [2.24, 2.45) is 0 Å². The first-order chi connectivity index (χ1) is 12.2. The van der Waals surface area contributed by atoms with Crippen molar-refractivity contribution in [3.05, 3.63) is 83.9 Å². The maximum Gasteiger partial charge on any atom is 0.175 e. The van der Waals surface area contributed by atoms with Crippen LogP contribution in [0, 0.1) is 0 Å². The van der Waals surface area contributed by atoms with E-state index in [1.807, 2.05) is 54.6 Å². The van der Waals surface area contributed by atoms with Gasteiger partial charge < -0.3 is 9.63 Å². The molecule has 0 saturated heterocycles. The fraction of sp³-hybridized carbons (Fsp3) is 0. The Balaban J connectivity index is 1.98. The molecular weight excluding hydrogens is 334 g/mol. The third-order valence-corrected chi connectivity index (χ3v) is 4.34. The van der Waals surface area contributed by atoms with Gasteiger partial charge in [0.2, 0.25) is 0 Å². The summed E-state index contributed by atoms with van der Waals surface area (Å²) in [6, 6.07) is 24.4. The van der Waals surface area contributed by atoms with Crippen molar-refractivity contribution in [3.8, 4) is 39.5 Å². The van der Waals surface area contributed by atoms with Crippen LogP contribution in [0.25, 0.3) is 33.7 Å². The molecule has 0 spiro atoms. The van der Waals surface area contributed by atoms with Crippen LogP contribution >= 0.6 is 11.6 Å². The van der Waals surface area contributed by atoms with Gasteiger partial charge in [0.25, 0.3) is 0 Å². The lowest BCUT2D eigenvalue weighted by molar-refractivity contribution is 0.435. The van der Waals surface area contributed by atoms with Crippen molar-refractivity contribution in [2.45, 2.75) is 0 Å². The molecule has 0 unspecified atom stereocenters. The van der Waals surface area contributed by atoms with Gasteiger partial charge in [-0.25, -0.2) is 0 Å². The highest BCUT2D eigenvalue weighted by Crippen LogP contribution is 2.41. The van der Waals surface area contributed by atoms with Crippen LogP contribution in [0.4, 0.5) is 0 Å². The van der Waals surface area contributed by atoms with Crippen LogP contribution in [0.5, 0.6) is 5.75 Å². The standard InChI is InChI=1S/C21H14ClNO2/c22-18-9-5-4-8-17(18)20-19(14-6-2-1-3-7-14)21(25-23-20)15-10-12-16(24)13-11-15/h1-13,24H. The molecule has 4 aromatic rings. The van der Waals surface area contributed by atoms with E-state index in [0.29, 0.717) is 16.5 Å². The van der Waals surface area contributed by atoms with E-state index in [1.165, 1.54) is 0 Å². The molecule has 3 aromatic carbocycles. The molecule has 0 amide bonds. The predicted octanol–water partition coefficient (Wildman–Crippen LogP) is 6.03. The summed E-state index contributed by atoms with van der Waals surface area (Å²) in [6.45, 7) is 0. The number of benzene rings is 3. The zero-order valence-electron chi connectivity index (χ0n) is 13.2. The zero-order chi connectivity index (χ0) is 17.2. The second-order valence-corrected chi connectivity index (χ2v) is 6.04. The molecule has 0 fully saturated rings. The quantitative estimate of drug-likeness (QED) is 0.491. The molecule has 25 heavy (non-hydrogen) atoms. The van der Waals surface area contributed by atoms with E-state index in [0.717, 1.165) is 22.3 Å². The molecule has 0 saturated carbocycles. The van der Waals surface area contributed by atoms with Gasteiger partial charge in [0.1, 0.15) is 11.4 Å². The smallest absolute Gasteiger partial charge is 0.175 e. The Morgan fingerprint density at radius 2 is 1.44 bits per heavy atom. The summed E-state index contributed by atoms with van der Waals surface area (Å²) in [5, 5.41) is 14.5. The lowest BCUT2D eigenvalue weighted by Gasteiger charge is -2.06. The number of phenolic OH excluding ortho intramolecular Hbond substituents is 1. The number of hydrogen-bond acceptors (Lipinski definition) is 3. The van der Waals surface area contributed by atoms with Gasteiger partial charge in [-0.05, 0) is 35.9 Å². The summed E-state index contributed by atoms with van der Waals surface area (Å²) >= 11 is 6.38. The van der Waals surface area contributed by atoms with Gasteiger partial charge in [0.15, 0.2) is 5.76 Å². The van der Waals surface area contributed by atoms with Crippen molar-refractivity contribution in [2.75, 3.05) is 0 Å². The molecular formula is C21H14ClNO2. The summed E-state index contributed by atoms with van der Waals surface area (Å²) in [6.07, 6.45) is 0. The minimum Gasteiger partial charge on any atom is -0.508 e. The number of nitrogens with zero attached hydrogens (tertiary/aromatic N) is 1. The Morgan fingerprint density at radius 1 is 0.760 bits per heavy atom. The first kappa shape index (κ1) is 15.5. The Morgan fingerprint density at radius 3 is 2.16 bits per heavy atom. The summed E-state index contributed by atoms with van der Waals surface area (Å²) < 4.78 is 5.70. The molecule has 0 aliphatic heterocycles. The Bertz CT molecular complexity index is 1010. The Labute approximate surface area is 150 Å². The highest BCUT2D eigenvalue weighted by Gasteiger charge is 2.21. The highest BCUT2D eigenvalue weighted by molar-refractivity contribution is 6.33. The van der Waals surface area contributed by atoms with Gasteiger partial charge in [-0.1, -0.05) is 65.3 Å². The maximum atomic E-state index is 9.55. The molecule has 4 heteroatoms. The number of aromatic nitrogens is 1. The molecule has 4 rings (SSSR count). The number of halogens is 1. The normalized spacial score (nSPS) is 10.8. The van der Waals surface area contributed by atoms with Gasteiger partial charge in [-0.3, -0.25) is 0 Å². The average molecular weight is 348 g/mol. The van der Waals surface area contributed by atoms with E-state index < -0.39 is 0 Å². The van der Waals surface area contributed by atoms with E-state index >= 15 is 0 Å². The lowest BCUT2D eigenvalue weighted by atomic mass is 9.96. The first-order valence-corrected chi connectivity index (χ1v) is 8.21. The number of rotatable bonds is 3. The zero-order valence-corrected chi connectivity index (χ0v) is 13.9. The summed E-state index contributed by atoms with van der Waals surface area (Å²) in [7, 11) is 0. The third-order valence-electron chi connectivity index (χ3n) is 4.01. The summed E-state index contributed by atoms with van der Waals surface area (Å²) in [5.41, 5.74) is 4.21. The molecule has 0 aliphatic rings. The van der Waals surface area contributed by atoms with Crippen LogP contribution < -0.4 is 0 Å². The van der Waals surface area contributed by atoms with Crippen LogP contribution in [-0.2, 0) is 0 Å². The molecule has 122 valence electrons. The molecule has 1 N–H and O–H groups in total. The second-order valence-electron chi connectivity index (χ2n) is 5.63. The SMILES string of the molecule is Oc1ccc(-c2onc(-c3ccccc3Cl)c2-c2ccccc2)cc1. The van der Waals surface area contributed by atoms with Crippen molar-refractivity contribution in [1.82, 2.24) is 5.16 Å². The van der Waals surface area contributed by atoms with Crippen molar-refractivity contribution >= 4 is 11.6 Å². The summed E-state index contributed by atoms with van der Waals surface area (Å²) in [4.78, 5) is 0. The molecule has 0 radical (unpaired) electrons. The Hall–Kier alpha value is -3.04. The average Bonchev–Trinajstić information content (AvgIpc) is 3.08. The van der Waals surface area contributed by atoms with Crippen LogP contribution in [0.1, 0.15) is 0 Å². The highest BCUT2D eigenvalue weighted by atomic mass is 35.5. The minimum absolute atomic E-state index is 0.204. The Kier molecular flexibility index (Phi) is 4.00. The molecule has 3 nitrogen and oxygen atoms in total. The van der Waals surface area contributed by atoms with Crippen LogP contribution in [0.3, 0.4) is 0 Å². The van der Waals surface area contributed by atoms with Gasteiger partial charge in [0, 0.05) is 11.1 Å². The second kappa shape index (κ2) is 6.46. The minimum atomic E-state index is 0.204. The van der Waals surface area contributed by atoms with E-state index in [4.69, 9.17) is 16.1 Å². The van der Waals surface area contributed by atoms with E-state index in [9.17, 15) is 5.11 Å². The van der Waals surface area contributed by atoms with Crippen molar-refractivity contribution in [1.29, 1.82) is 0 Å². The van der Waals surface area contributed by atoms with E-state index in [1.54, 1.807) is 24.3 Å². The summed E-state index contributed by atoms with van der Waals surface area (Å²) in [5.74, 6) is 0.844. The van der Waals surface area contributed by atoms with Crippen LogP contribution in [0.2, 0.25) is 5.02 Å². The fourth-order valence-corrected chi connectivity index (χ4v) is 3.03. The lowest BCUT2D eigenvalue weighted by Crippen LogP contribution is -1.86. The molecule has 1 aromatic heterocycles. The molecule has 0 aliphatic carbocycles. The van der Waals surface area contributed by atoms with Gasteiger partial charge >= 0.3 is 0 Å². The third kappa shape index (κ3) is 2.90. The fourth-order valence-electron chi connectivity index (χ4n) is 2.81. The number of aromatic hydroxyl groups is 1. The van der Waals surface area contributed by atoms with Crippen LogP contribution in [0.15, 0.2) is 83.4 Å². The number of hydrogen-bond donors (Lipinski definition) is 1. The van der Waals surface area contributed by atoms with Gasteiger partial charge in [-0.2, -0.15) is 0 Å². The molecule has 0 bridgehead atoms. The maximum absolute atomic E-state index is 9.55. The monoisotopic (exact) mass is 347 g/mol.